The molecule has 90 valence electrons. The van der Waals surface area contributed by atoms with E-state index < -0.39 is 0 Å². The molecule has 2 rings (SSSR count). The highest BCUT2D eigenvalue weighted by molar-refractivity contribution is 5.78. The molecule has 2 aromatic heterocycles. The Kier molecular flexibility index (Phi) is 3.42. The van der Waals surface area contributed by atoms with Crippen molar-refractivity contribution in [2.45, 2.75) is 32.7 Å². The Morgan fingerprint density at radius 2 is 2.35 bits per heavy atom. The second kappa shape index (κ2) is 4.99. The molecule has 1 amide bonds. The number of carbonyl (C=O) groups excluding carboxylic acids is 1. The van der Waals surface area contributed by atoms with Crippen molar-refractivity contribution in [1.82, 2.24) is 14.7 Å². The van der Waals surface area contributed by atoms with E-state index in [4.69, 9.17) is 0 Å². The zero-order valence-electron chi connectivity index (χ0n) is 10.2. The SMILES string of the molecule is CCC(C)NC(=O)Cc1cn2ccccc2n1. The molecule has 0 saturated carbocycles. The fourth-order valence-electron chi connectivity index (χ4n) is 1.66. The van der Waals surface area contributed by atoms with Crippen molar-refractivity contribution in [3.63, 3.8) is 0 Å². The van der Waals surface area contributed by atoms with E-state index in [0.29, 0.717) is 6.42 Å². The number of fused-ring (bicyclic) bond motifs is 1. The van der Waals surface area contributed by atoms with Crippen molar-refractivity contribution in [3.05, 3.63) is 36.3 Å². The van der Waals surface area contributed by atoms with Crippen LogP contribution in [0.15, 0.2) is 30.6 Å². The monoisotopic (exact) mass is 231 g/mol. The Bertz CT molecular complexity index is 485. The lowest BCUT2D eigenvalue weighted by Gasteiger charge is -2.09. The van der Waals surface area contributed by atoms with Gasteiger partial charge in [0.05, 0.1) is 12.1 Å². The van der Waals surface area contributed by atoms with Gasteiger partial charge >= 0.3 is 0 Å². The van der Waals surface area contributed by atoms with Crippen molar-refractivity contribution in [2.24, 2.45) is 0 Å². The average molecular weight is 231 g/mol. The first-order valence-electron chi connectivity index (χ1n) is 5.91. The lowest BCUT2D eigenvalue weighted by molar-refractivity contribution is -0.121. The van der Waals surface area contributed by atoms with Gasteiger partial charge < -0.3 is 9.72 Å². The molecule has 0 bridgehead atoms. The highest BCUT2D eigenvalue weighted by atomic mass is 16.1. The van der Waals surface area contributed by atoms with Crippen LogP contribution >= 0.6 is 0 Å². The number of hydrogen-bond acceptors (Lipinski definition) is 2. The van der Waals surface area contributed by atoms with Crippen LogP contribution in [-0.2, 0) is 11.2 Å². The maximum atomic E-state index is 11.7. The molecule has 0 radical (unpaired) electrons. The van der Waals surface area contributed by atoms with Crippen LogP contribution in [0.2, 0.25) is 0 Å². The third kappa shape index (κ3) is 2.84. The minimum atomic E-state index is 0.0303. The van der Waals surface area contributed by atoms with Crippen LogP contribution in [0.1, 0.15) is 26.0 Å². The molecule has 0 aliphatic carbocycles. The zero-order valence-corrected chi connectivity index (χ0v) is 10.2. The van der Waals surface area contributed by atoms with Gasteiger partial charge in [-0.3, -0.25) is 4.79 Å². The molecule has 17 heavy (non-hydrogen) atoms. The van der Waals surface area contributed by atoms with Crippen molar-refractivity contribution < 1.29 is 4.79 Å². The molecule has 2 aromatic rings. The summed E-state index contributed by atoms with van der Waals surface area (Å²) in [6.07, 6.45) is 5.10. The summed E-state index contributed by atoms with van der Waals surface area (Å²) in [4.78, 5) is 16.1. The Labute approximate surface area is 101 Å². The van der Waals surface area contributed by atoms with Gasteiger partial charge in [0.25, 0.3) is 0 Å². The number of aromatic nitrogens is 2. The molecular weight excluding hydrogens is 214 g/mol. The molecule has 0 aromatic carbocycles. The number of amides is 1. The first-order chi connectivity index (χ1) is 8.19. The predicted molar refractivity (Wildman–Crippen MR) is 66.8 cm³/mol. The van der Waals surface area contributed by atoms with Crippen molar-refractivity contribution in [2.75, 3.05) is 0 Å². The van der Waals surface area contributed by atoms with E-state index in [1.54, 1.807) is 0 Å². The maximum absolute atomic E-state index is 11.7. The van der Waals surface area contributed by atoms with Crippen LogP contribution < -0.4 is 5.32 Å². The summed E-state index contributed by atoms with van der Waals surface area (Å²) in [6.45, 7) is 4.05. The summed E-state index contributed by atoms with van der Waals surface area (Å²) < 4.78 is 1.92. The highest BCUT2D eigenvalue weighted by Gasteiger charge is 2.09. The van der Waals surface area contributed by atoms with Gasteiger partial charge in [-0.1, -0.05) is 13.0 Å². The lowest BCUT2D eigenvalue weighted by atomic mass is 10.2. The number of rotatable bonds is 4. The van der Waals surface area contributed by atoms with Gasteiger partial charge in [0.1, 0.15) is 5.65 Å². The van der Waals surface area contributed by atoms with E-state index >= 15 is 0 Å². The minimum absolute atomic E-state index is 0.0303. The second-order valence-electron chi connectivity index (χ2n) is 4.25. The number of pyridine rings is 1. The van der Waals surface area contributed by atoms with Crippen LogP contribution in [0.4, 0.5) is 0 Å². The highest BCUT2D eigenvalue weighted by Crippen LogP contribution is 2.05. The molecule has 0 aliphatic rings. The summed E-state index contributed by atoms with van der Waals surface area (Å²) >= 11 is 0. The summed E-state index contributed by atoms with van der Waals surface area (Å²) in [6, 6.07) is 6.03. The van der Waals surface area contributed by atoms with Crippen LogP contribution in [-0.4, -0.2) is 21.3 Å². The largest absolute Gasteiger partial charge is 0.353 e. The minimum Gasteiger partial charge on any atom is -0.353 e. The molecule has 0 spiro atoms. The number of nitrogens with one attached hydrogen (secondary N) is 1. The lowest BCUT2D eigenvalue weighted by Crippen LogP contribution is -2.33. The molecule has 0 fully saturated rings. The fourth-order valence-corrected chi connectivity index (χ4v) is 1.66. The number of hydrogen-bond donors (Lipinski definition) is 1. The Morgan fingerprint density at radius 3 is 3.06 bits per heavy atom. The molecule has 1 N–H and O–H groups in total. The second-order valence-corrected chi connectivity index (χ2v) is 4.25. The van der Waals surface area contributed by atoms with E-state index in [2.05, 4.69) is 17.2 Å². The molecule has 0 aliphatic heterocycles. The molecule has 4 heteroatoms. The van der Waals surface area contributed by atoms with Crippen LogP contribution in [0.25, 0.3) is 5.65 Å². The predicted octanol–water partition coefficient (Wildman–Crippen LogP) is 1.79. The summed E-state index contributed by atoms with van der Waals surface area (Å²) in [5.41, 5.74) is 1.68. The topological polar surface area (TPSA) is 46.4 Å². The van der Waals surface area contributed by atoms with Crippen LogP contribution in [0.3, 0.4) is 0 Å². The van der Waals surface area contributed by atoms with Crippen molar-refractivity contribution >= 4 is 11.6 Å². The third-order valence-electron chi connectivity index (χ3n) is 2.78. The molecule has 2 heterocycles. The first-order valence-corrected chi connectivity index (χ1v) is 5.91. The molecule has 1 atom stereocenters. The van der Waals surface area contributed by atoms with Gasteiger partial charge in [0, 0.05) is 18.4 Å². The smallest absolute Gasteiger partial charge is 0.226 e. The average Bonchev–Trinajstić information content (AvgIpc) is 2.70. The number of imidazole rings is 1. The summed E-state index contributed by atoms with van der Waals surface area (Å²) in [5.74, 6) is 0.0303. The summed E-state index contributed by atoms with van der Waals surface area (Å²) in [5, 5.41) is 2.93. The van der Waals surface area contributed by atoms with E-state index in [9.17, 15) is 4.79 Å². The van der Waals surface area contributed by atoms with Gasteiger partial charge in [-0.2, -0.15) is 0 Å². The Morgan fingerprint density at radius 1 is 1.53 bits per heavy atom. The standard InChI is InChI=1S/C13H17N3O/c1-3-10(2)14-13(17)8-11-9-16-7-5-4-6-12(16)15-11/h4-7,9-10H,3,8H2,1-2H3,(H,14,17). The van der Waals surface area contributed by atoms with Gasteiger partial charge in [0.15, 0.2) is 0 Å². The first kappa shape index (κ1) is 11.6. The fraction of sp³-hybridized carbons (Fsp3) is 0.385. The van der Waals surface area contributed by atoms with E-state index in [0.717, 1.165) is 17.8 Å². The summed E-state index contributed by atoms with van der Waals surface area (Å²) in [7, 11) is 0. The maximum Gasteiger partial charge on any atom is 0.226 e. The van der Waals surface area contributed by atoms with E-state index in [-0.39, 0.29) is 11.9 Å². The Balaban J connectivity index is 2.05. The Hall–Kier alpha value is -1.84. The van der Waals surface area contributed by atoms with Gasteiger partial charge in [-0.15, -0.1) is 0 Å². The number of carbonyl (C=O) groups is 1. The molecule has 0 saturated heterocycles. The van der Waals surface area contributed by atoms with Gasteiger partial charge in [0.2, 0.25) is 5.91 Å². The van der Waals surface area contributed by atoms with E-state index in [1.807, 2.05) is 41.9 Å². The van der Waals surface area contributed by atoms with Crippen LogP contribution in [0.5, 0.6) is 0 Å². The van der Waals surface area contributed by atoms with Gasteiger partial charge in [-0.05, 0) is 25.5 Å². The third-order valence-corrected chi connectivity index (χ3v) is 2.78. The molecular formula is C13H17N3O. The van der Waals surface area contributed by atoms with Crippen molar-refractivity contribution in [1.29, 1.82) is 0 Å². The van der Waals surface area contributed by atoms with Crippen LogP contribution in [0, 0.1) is 0 Å². The quantitative estimate of drug-likeness (QED) is 0.872. The molecule has 4 nitrogen and oxygen atoms in total. The van der Waals surface area contributed by atoms with E-state index in [1.165, 1.54) is 0 Å². The zero-order chi connectivity index (χ0) is 12.3. The number of nitrogens with zero attached hydrogens (tertiary/aromatic N) is 2. The van der Waals surface area contributed by atoms with Gasteiger partial charge in [-0.25, -0.2) is 4.98 Å². The molecule has 1 unspecified atom stereocenters. The van der Waals surface area contributed by atoms with Crippen molar-refractivity contribution in [3.8, 4) is 0 Å². The normalized spacial score (nSPS) is 12.6.